The lowest BCUT2D eigenvalue weighted by Gasteiger charge is -2.20. The van der Waals surface area contributed by atoms with E-state index < -0.39 is 0 Å². The Balaban J connectivity index is 1.38. The molecule has 0 aliphatic carbocycles. The molecule has 1 fully saturated rings. The molecule has 1 aliphatic heterocycles. The maximum Gasteiger partial charge on any atom is 0.192 e. The first-order chi connectivity index (χ1) is 16.1. The number of ether oxygens (including phenoxy) is 1. The minimum atomic E-state index is 0.292. The van der Waals surface area contributed by atoms with E-state index in [1.54, 1.807) is 7.11 Å². The van der Waals surface area contributed by atoms with Crippen LogP contribution in [0.5, 0.6) is 5.75 Å². The van der Waals surface area contributed by atoms with Crippen LogP contribution in [-0.4, -0.2) is 58.5 Å². The monoisotopic (exact) mass is 448 g/mol. The van der Waals surface area contributed by atoms with E-state index in [4.69, 9.17) is 9.73 Å². The zero-order chi connectivity index (χ0) is 23.0. The number of aryl methyl sites for hydroxylation is 1. The number of pyridine rings is 1. The van der Waals surface area contributed by atoms with Gasteiger partial charge >= 0.3 is 0 Å². The van der Waals surface area contributed by atoms with E-state index in [0.717, 1.165) is 61.7 Å². The Morgan fingerprint density at radius 2 is 2.03 bits per heavy atom. The quantitative estimate of drug-likeness (QED) is 0.403. The number of hydrogen-bond acceptors (Lipinski definition) is 6. The predicted octanol–water partition coefficient (Wildman–Crippen LogP) is 2.08. The first-order valence-corrected chi connectivity index (χ1v) is 11.3. The molecule has 1 aromatic carbocycles. The molecule has 0 saturated carbocycles. The lowest BCUT2D eigenvalue weighted by atomic mass is 10.1. The molecule has 33 heavy (non-hydrogen) atoms. The number of aliphatic imine (C=N–C) groups is 1. The first kappa shape index (κ1) is 22.6. The normalized spacial score (nSPS) is 16.2. The average molecular weight is 449 g/mol. The zero-order valence-electron chi connectivity index (χ0n) is 19.5. The van der Waals surface area contributed by atoms with Gasteiger partial charge in [0.1, 0.15) is 23.9 Å². The molecule has 4 rings (SSSR count). The molecule has 174 valence electrons. The summed E-state index contributed by atoms with van der Waals surface area (Å²) in [4.78, 5) is 11.6. The van der Waals surface area contributed by atoms with Crippen molar-refractivity contribution in [1.29, 1.82) is 0 Å². The summed E-state index contributed by atoms with van der Waals surface area (Å²) in [6.07, 6.45) is 3.75. The van der Waals surface area contributed by atoms with E-state index in [1.807, 2.05) is 49.0 Å². The molecule has 3 aromatic rings. The number of rotatable bonds is 8. The number of hydrogen-bond donors (Lipinski definition) is 2. The maximum atomic E-state index is 5.25. The molecule has 1 unspecified atom stereocenters. The first-order valence-electron chi connectivity index (χ1n) is 11.3. The van der Waals surface area contributed by atoms with Crippen molar-refractivity contribution in [2.24, 2.45) is 12.0 Å². The number of anilines is 1. The largest absolute Gasteiger partial charge is 0.497 e. The molecule has 2 N–H and O–H groups in total. The highest BCUT2D eigenvalue weighted by Gasteiger charge is 2.24. The van der Waals surface area contributed by atoms with Crippen molar-refractivity contribution < 1.29 is 4.74 Å². The van der Waals surface area contributed by atoms with Gasteiger partial charge in [0, 0.05) is 38.9 Å². The lowest BCUT2D eigenvalue weighted by molar-refractivity contribution is 0.414. The number of aromatic nitrogens is 4. The Hall–Kier alpha value is -3.62. The fourth-order valence-corrected chi connectivity index (χ4v) is 3.83. The van der Waals surface area contributed by atoms with Gasteiger partial charge in [-0.2, -0.15) is 0 Å². The number of guanidine groups is 1. The van der Waals surface area contributed by atoms with Crippen LogP contribution >= 0.6 is 0 Å². The molecule has 0 radical (unpaired) electrons. The molecule has 9 nitrogen and oxygen atoms in total. The second kappa shape index (κ2) is 10.8. The third-order valence-corrected chi connectivity index (χ3v) is 5.93. The summed E-state index contributed by atoms with van der Waals surface area (Å²) in [7, 11) is 3.65. The molecule has 0 amide bonds. The summed E-state index contributed by atoms with van der Waals surface area (Å²) >= 11 is 0. The maximum absolute atomic E-state index is 5.25. The van der Waals surface area contributed by atoms with Crippen molar-refractivity contribution in [3.63, 3.8) is 0 Å². The van der Waals surface area contributed by atoms with E-state index in [2.05, 4.69) is 48.9 Å². The zero-order valence-corrected chi connectivity index (χ0v) is 19.5. The minimum Gasteiger partial charge on any atom is -0.497 e. The Morgan fingerprint density at radius 1 is 1.18 bits per heavy atom. The SMILES string of the molecule is COc1ccc(CCNC(=NCc2nnc(C)n2C)NC2CCN(c3ccccn3)C2)cc1. The molecule has 9 heteroatoms. The van der Waals surface area contributed by atoms with Crippen LogP contribution in [0.15, 0.2) is 53.7 Å². The van der Waals surface area contributed by atoms with Crippen LogP contribution in [-0.2, 0) is 20.0 Å². The van der Waals surface area contributed by atoms with E-state index in [9.17, 15) is 0 Å². The molecule has 1 aliphatic rings. The highest BCUT2D eigenvalue weighted by atomic mass is 16.5. The van der Waals surface area contributed by atoms with Gasteiger partial charge < -0.3 is 24.8 Å². The van der Waals surface area contributed by atoms with Gasteiger partial charge in [0.05, 0.1) is 7.11 Å². The van der Waals surface area contributed by atoms with Crippen molar-refractivity contribution in [3.05, 3.63) is 65.9 Å². The van der Waals surface area contributed by atoms with Crippen molar-refractivity contribution in [2.75, 3.05) is 31.6 Å². The molecule has 3 heterocycles. The average Bonchev–Trinajstić information content (AvgIpc) is 3.45. The minimum absolute atomic E-state index is 0.292. The Morgan fingerprint density at radius 3 is 2.73 bits per heavy atom. The third kappa shape index (κ3) is 6.00. The second-order valence-electron chi connectivity index (χ2n) is 8.18. The van der Waals surface area contributed by atoms with Crippen LogP contribution in [0.4, 0.5) is 5.82 Å². The van der Waals surface area contributed by atoms with Gasteiger partial charge in [-0.05, 0) is 49.6 Å². The van der Waals surface area contributed by atoms with Crippen LogP contribution < -0.4 is 20.3 Å². The molecular weight excluding hydrogens is 416 g/mol. The van der Waals surface area contributed by atoms with Gasteiger partial charge in [0.15, 0.2) is 11.8 Å². The molecule has 2 aromatic heterocycles. The fourth-order valence-electron chi connectivity index (χ4n) is 3.83. The van der Waals surface area contributed by atoms with Gasteiger partial charge in [0.2, 0.25) is 0 Å². The van der Waals surface area contributed by atoms with E-state index >= 15 is 0 Å². The number of nitrogens with one attached hydrogen (secondary N) is 2. The Labute approximate surface area is 194 Å². The van der Waals surface area contributed by atoms with Crippen LogP contribution in [0.2, 0.25) is 0 Å². The molecule has 0 spiro atoms. The molecule has 1 saturated heterocycles. The van der Waals surface area contributed by atoms with Crippen LogP contribution in [0.3, 0.4) is 0 Å². The van der Waals surface area contributed by atoms with Gasteiger partial charge in [-0.3, -0.25) is 0 Å². The Bertz CT molecular complexity index is 1050. The molecule has 1 atom stereocenters. The van der Waals surface area contributed by atoms with Crippen molar-refractivity contribution in [2.45, 2.75) is 32.4 Å². The van der Waals surface area contributed by atoms with E-state index in [0.29, 0.717) is 12.6 Å². The highest BCUT2D eigenvalue weighted by molar-refractivity contribution is 5.80. The number of methoxy groups -OCH3 is 1. The number of nitrogens with zero attached hydrogens (tertiary/aromatic N) is 6. The lowest BCUT2D eigenvalue weighted by Crippen LogP contribution is -2.45. The van der Waals surface area contributed by atoms with Crippen LogP contribution in [0.25, 0.3) is 0 Å². The smallest absolute Gasteiger partial charge is 0.192 e. The van der Waals surface area contributed by atoms with Gasteiger partial charge in [-0.1, -0.05) is 18.2 Å². The topological polar surface area (TPSA) is 92.5 Å². The highest BCUT2D eigenvalue weighted by Crippen LogP contribution is 2.17. The summed E-state index contributed by atoms with van der Waals surface area (Å²) in [5, 5.41) is 15.5. The third-order valence-electron chi connectivity index (χ3n) is 5.93. The van der Waals surface area contributed by atoms with Crippen molar-refractivity contribution >= 4 is 11.8 Å². The standard InChI is InChI=1S/C24H32N8O/c1-18-29-30-23(31(18)2)16-27-24(26-14-11-19-7-9-21(33-3)10-8-19)28-20-12-15-32(17-20)22-6-4-5-13-25-22/h4-10,13,20H,11-12,14-17H2,1-3H3,(H2,26,27,28). The summed E-state index contributed by atoms with van der Waals surface area (Å²) in [5.41, 5.74) is 1.24. The van der Waals surface area contributed by atoms with Gasteiger partial charge in [-0.15, -0.1) is 10.2 Å². The van der Waals surface area contributed by atoms with Crippen molar-refractivity contribution in [1.82, 2.24) is 30.4 Å². The van der Waals surface area contributed by atoms with Crippen LogP contribution in [0.1, 0.15) is 23.6 Å². The summed E-state index contributed by atoms with van der Waals surface area (Å²) < 4.78 is 7.22. The Kier molecular flexibility index (Phi) is 7.39. The summed E-state index contributed by atoms with van der Waals surface area (Å²) in [6, 6.07) is 14.5. The van der Waals surface area contributed by atoms with E-state index in [1.165, 1.54) is 5.56 Å². The summed E-state index contributed by atoms with van der Waals surface area (Å²) in [5.74, 6) is 4.39. The molecule has 0 bridgehead atoms. The van der Waals surface area contributed by atoms with Crippen LogP contribution in [0, 0.1) is 6.92 Å². The molecular formula is C24H32N8O. The van der Waals surface area contributed by atoms with Gasteiger partial charge in [-0.25, -0.2) is 9.98 Å². The fraction of sp³-hybridized carbons (Fsp3) is 0.417. The van der Waals surface area contributed by atoms with Gasteiger partial charge in [0.25, 0.3) is 0 Å². The number of benzene rings is 1. The van der Waals surface area contributed by atoms with Crippen molar-refractivity contribution in [3.8, 4) is 5.75 Å². The predicted molar refractivity (Wildman–Crippen MR) is 130 cm³/mol. The second-order valence-corrected chi connectivity index (χ2v) is 8.18. The van der Waals surface area contributed by atoms with E-state index in [-0.39, 0.29) is 0 Å². The summed E-state index contributed by atoms with van der Waals surface area (Å²) in [6.45, 7) is 5.03.